The molecule has 1 aromatic heterocycles. The van der Waals surface area contributed by atoms with E-state index < -0.39 is 6.10 Å². The average molecular weight is 320 g/mol. The van der Waals surface area contributed by atoms with Crippen molar-refractivity contribution in [2.75, 3.05) is 0 Å². The Kier molecular flexibility index (Phi) is 3.85. The van der Waals surface area contributed by atoms with Crippen LogP contribution in [-0.2, 0) is 18.4 Å². The molecule has 7 heteroatoms. The topological polar surface area (TPSA) is 73.2 Å². The van der Waals surface area contributed by atoms with E-state index in [9.17, 15) is 9.59 Å². The smallest absolute Gasteiger partial charge is 0.261 e. The van der Waals surface area contributed by atoms with E-state index >= 15 is 0 Å². The van der Waals surface area contributed by atoms with Gasteiger partial charge in [0.1, 0.15) is 16.7 Å². The van der Waals surface area contributed by atoms with E-state index in [-0.39, 0.29) is 24.7 Å². The maximum absolute atomic E-state index is 12.2. The van der Waals surface area contributed by atoms with E-state index in [4.69, 9.17) is 16.3 Å². The molecule has 0 saturated heterocycles. The molecule has 1 aliphatic rings. The second-order valence-corrected chi connectivity index (χ2v) is 5.39. The lowest BCUT2D eigenvalue weighted by Crippen LogP contribution is -2.42. The number of carbonyl (C=O) groups is 2. The molecule has 22 heavy (non-hydrogen) atoms. The molecule has 2 heterocycles. The number of fused-ring (bicyclic) bond motifs is 1. The fourth-order valence-corrected chi connectivity index (χ4v) is 2.43. The summed E-state index contributed by atoms with van der Waals surface area (Å²) in [6, 6.07) is 6.92. The first-order valence-corrected chi connectivity index (χ1v) is 7.16. The number of imidazole rings is 1. The van der Waals surface area contributed by atoms with E-state index in [0.29, 0.717) is 22.3 Å². The van der Waals surface area contributed by atoms with Gasteiger partial charge in [-0.05, 0) is 12.1 Å². The normalized spacial score (nSPS) is 16.8. The zero-order chi connectivity index (χ0) is 15.7. The van der Waals surface area contributed by atoms with Crippen molar-refractivity contribution in [1.82, 2.24) is 14.9 Å². The first-order valence-electron chi connectivity index (χ1n) is 6.79. The third kappa shape index (κ3) is 2.69. The van der Waals surface area contributed by atoms with E-state index in [1.807, 2.05) is 0 Å². The van der Waals surface area contributed by atoms with Crippen molar-refractivity contribution in [2.24, 2.45) is 7.05 Å². The van der Waals surface area contributed by atoms with E-state index in [0.717, 1.165) is 0 Å². The van der Waals surface area contributed by atoms with E-state index in [2.05, 4.69) is 10.3 Å². The fourth-order valence-electron chi connectivity index (χ4n) is 2.29. The molecule has 2 aromatic rings. The van der Waals surface area contributed by atoms with Crippen LogP contribution in [0, 0.1) is 0 Å². The van der Waals surface area contributed by atoms with Gasteiger partial charge in [-0.1, -0.05) is 23.7 Å². The number of rotatable bonds is 3. The van der Waals surface area contributed by atoms with Crippen LogP contribution in [0.5, 0.6) is 5.75 Å². The van der Waals surface area contributed by atoms with Crippen molar-refractivity contribution in [2.45, 2.75) is 19.1 Å². The van der Waals surface area contributed by atoms with Gasteiger partial charge >= 0.3 is 0 Å². The van der Waals surface area contributed by atoms with Crippen molar-refractivity contribution in [3.8, 4) is 5.75 Å². The summed E-state index contributed by atoms with van der Waals surface area (Å²) in [5, 5.41) is 3.20. The maximum Gasteiger partial charge on any atom is 0.261 e. The maximum atomic E-state index is 12.2. The Morgan fingerprint density at radius 1 is 1.50 bits per heavy atom. The lowest BCUT2D eigenvalue weighted by atomic mass is 10.0. The van der Waals surface area contributed by atoms with Crippen molar-refractivity contribution < 1.29 is 14.3 Å². The quantitative estimate of drug-likeness (QED) is 0.935. The van der Waals surface area contributed by atoms with Gasteiger partial charge in [-0.15, -0.1) is 0 Å². The van der Waals surface area contributed by atoms with Crippen LogP contribution in [0.4, 0.5) is 0 Å². The van der Waals surface area contributed by atoms with Crippen LogP contribution in [0.15, 0.2) is 30.5 Å². The minimum atomic E-state index is -0.821. The molecule has 114 valence electrons. The highest BCUT2D eigenvalue weighted by Gasteiger charge is 2.31. The summed E-state index contributed by atoms with van der Waals surface area (Å²) in [7, 11) is 1.76. The molecule has 0 spiro atoms. The van der Waals surface area contributed by atoms with Gasteiger partial charge in [0.15, 0.2) is 11.9 Å². The van der Waals surface area contributed by atoms with Crippen molar-refractivity contribution in [3.63, 3.8) is 0 Å². The fraction of sp³-hybridized carbons (Fsp3) is 0.267. The highest BCUT2D eigenvalue weighted by Crippen LogP contribution is 2.27. The summed E-state index contributed by atoms with van der Waals surface area (Å²) in [6.45, 7) is 0.220. The second-order valence-electron chi connectivity index (χ2n) is 5.00. The molecule has 0 aliphatic carbocycles. The molecule has 0 bridgehead atoms. The van der Waals surface area contributed by atoms with Gasteiger partial charge in [0, 0.05) is 7.05 Å². The number of aromatic nitrogens is 2. The predicted octanol–water partition coefficient (Wildman–Crippen LogP) is 1.72. The number of nitrogens with zero attached hydrogens (tertiary/aromatic N) is 2. The molecule has 0 radical (unpaired) electrons. The molecule has 1 atom stereocenters. The minimum Gasteiger partial charge on any atom is -0.479 e. The van der Waals surface area contributed by atoms with Crippen molar-refractivity contribution in [1.29, 1.82) is 0 Å². The molecule has 0 fully saturated rings. The Hall–Kier alpha value is -2.34. The molecule has 1 aromatic carbocycles. The number of hydrogen-bond donors (Lipinski definition) is 1. The summed E-state index contributed by atoms with van der Waals surface area (Å²) in [5.41, 5.74) is 0.516. The minimum absolute atomic E-state index is 0.0319. The van der Waals surface area contributed by atoms with Crippen LogP contribution >= 0.6 is 11.6 Å². The molecular formula is C15H14ClN3O3. The summed E-state index contributed by atoms with van der Waals surface area (Å²) < 4.78 is 7.27. The van der Waals surface area contributed by atoms with Crippen LogP contribution in [0.2, 0.25) is 5.15 Å². The van der Waals surface area contributed by atoms with Gasteiger partial charge in [-0.3, -0.25) is 9.59 Å². The number of amides is 1. The second kappa shape index (κ2) is 5.81. The number of ketones is 1. The third-order valence-electron chi connectivity index (χ3n) is 3.57. The molecule has 0 saturated carbocycles. The average Bonchev–Trinajstić information content (AvgIpc) is 2.84. The van der Waals surface area contributed by atoms with E-state index in [1.54, 1.807) is 35.9 Å². The zero-order valence-corrected chi connectivity index (χ0v) is 12.6. The molecule has 6 nitrogen and oxygen atoms in total. The first-order chi connectivity index (χ1) is 10.6. The Morgan fingerprint density at radius 3 is 3.00 bits per heavy atom. The van der Waals surface area contributed by atoms with Gasteiger partial charge < -0.3 is 14.6 Å². The lowest BCUT2D eigenvalue weighted by Gasteiger charge is -2.24. The number of nitrogens with one attached hydrogen (secondary N) is 1. The number of ether oxygens (including phenoxy) is 1. The van der Waals surface area contributed by atoms with Gasteiger partial charge in [0.2, 0.25) is 0 Å². The number of halogens is 1. The number of hydrogen-bond acceptors (Lipinski definition) is 4. The van der Waals surface area contributed by atoms with Crippen LogP contribution in [-0.4, -0.2) is 27.3 Å². The number of Topliss-reactive ketones (excluding diaryl/α,β-unsaturated/α-hetero) is 1. The summed E-state index contributed by atoms with van der Waals surface area (Å²) >= 11 is 5.89. The van der Waals surface area contributed by atoms with Crippen LogP contribution in [0.1, 0.15) is 22.6 Å². The molecule has 1 N–H and O–H groups in total. The SMILES string of the molecule is Cn1c(Cl)cnc1CNC(=O)C1CC(=O)c2ccccc2O1. The molecule has 3 rings (SSSR count). The lowest BCUT2D eigenvalue weighted by molar-refractivity contribution is -0.128. The summed E-state index contributed by atoms with van der Waals surface area (Å²) in [6.07, 6.45) is 0.725. The largest absolute Gasteiger partial charge is 0.479 e. The van der Waals surface area contributed by atoms with Crippen LogP contribution in [0.25, 0.3) is 0 Å². The Bertz CT molecular complexity index is 741. The molecule has 1 aliphatic heterocycles. The molecule has 1 unspecified atom stereocenters. The summed E-state index contributed by atoms with van der Waals surface area (Å²) in [4.78, 5) is 28.3. The summed E-state index contributed by atoms with van der Waals surface area (Å²) in [5.74, 6) is 0.629. The van der Waals surface area contributed by atoms with Gasteiger partial charge in [0.25, 0.3) is 5.91 Å². The van der Waals surface area contributed by atoms with Gasteiger partial charge in [-0.2, -0.15) is 0 Å². The van der Waals surface area contributed by atoms with Gasteiger partial charge in [0.05, 0.1) is 24.7 Å². The van der Waals surface area contributed by atoms with Crippen LogP contribution < -0.4 is 10.1 Å². The Morgan fingerprint density at radius 2 is 2.27 bits per heavy atom. The highest BCUT2D eigenvalue weighted by atomic mass is 35.5. The monoisotopic (exact) mass is 319 g/mol. The van der Waals surface area contributed by atoms with Crippen LogP contribution in [0.3, 0.4) is 0 Å². The predicted molar refractivity (Wildman–Crippen MR) is 79.9 cm³/mol. The van der Waals surface area contributed by atoms with Gasteiger partial charge in [-0.25, -0.2) is 4.98 Å². The van der Waals surface area contributed by atoms with Crippen molar-refractivity contribution >= 4 is 23.3 Å². The Labute approximate surface area is 132 Å². The van der Waals surface area contributed by atoms with E-state index in [1.165, 1.54) is 6.20 Å². The van der Waals surface area contributed by atoms with Crippen molar-refractivity contribution in [3.05, 3.63) is 47.0 Å². The first kappa shape index (κ1) is 14.6. The molecule has 1 amide bonds. The standard InChI is InChI=1S/C15H14ClN3O3/c1-19-13(16)7-17-14(19)8-18-15(21)12-6-10(20)9-4-2-3-5-11(9)22-12/h2-5,7,12H,6,8H2,1H3,(H,18,21). The Balaban J connectivity index is 1.67. The third-order valence-corrected chi connectivity index (χ3v) is 3.92. The highest BCUT2D eigenvalue weighted by molar-refractivity contribution is 6.29. The zero-order valence-electron chi connectivity index (χ0n) is 11.9. The number of para-hydroxylation sites is 1. The number of carbonyl (C=O) groups excluding carboxylic acids is 2. The number of benzene rings is 1. The molecular weight excluding hydrogens is 306 g/mol.